The number of likely N-dealkylation sites (tertiary alicyclic amines) is 1. The van der Waals surface area contributed by atoms with Gasteiger partial charge in [-0.1, -0.05) is 30.3 Å². The van der Waals surface area contributed by atoms with Gasteiger partial charge in [0.1, 0.15) is 0 Å². The number of hydrogen-bond donors (Lipinski definition) is 2. The Labute approximate surface area is 118 Å². The van der Waals surface area contributed by atoms with Crippen LogP contribution in [-0.4, -0.2) is 54.5 Å². The first kappa shape index (κ1) is 14.7. The van der Waals surface area contributed by atoms with Gasteiger partial charge in [0.05, 0.1) is 13.1 Å². The number of Topliss-reactive ketones (excluding diaryl/α,β-unsaturated/α-hetero) is 1. The zero-order chi connectivity index (χ0) is 14.4. The summed E-state index contributed by atoms with van der Waals surface area (Å²) in [5.41, 5.74) is 0.606. The Bertz CT molecular complexity index is 461. The van der Waals surface area contributed by atoms with Gasteiger partial charge >= 0.3 is 0 Å². The van der Waals surface area contributed by atoms with Gasteiger partial charge in [-0.2, -0.15) is 0 Å². The van der Waals surface area contributed by atoms with Gasteiger partial charge in [-0.05, 0) is 18.9 Å². The molecule has 1 unspecified atom stereocenters. The molecule has 0 spiro atoms. The molecule has 1 aromatic carbocycles. The summed E-state index contributed by atoms with van der Waals surface area (Å²) in [5, 5.41) is 11.7. The SMILES string of the molecule is O=C(CN1CCC(CO)C1)NCC(=O)c1ccccc1. The Morgan fingerprint density at radius 1 is 1.30 bits per heavy atom. The topological polar surface area (TPSA) is 69.6 Å². The number of rotatable bonds is 6. The number of benzene rings is 1. The third-order valence-electron chi connectivity index (χ3n) is 3.54. The molecular weight excluding hydrogens is 256 g/mol. The first-order valence-electron chi connectivity index (χ1n) is 6.87. The summed E-state index contributed by atoms with van der Waals surface area (Å²) >= 11 is 0. The van der Waals surface area contributed by atoms with Crippen molar-refractivity contribution in [2.75, 3.05) is 32.8 Å². The number of amides is 1. The van der Waals surface area contributed by atoms with Crippen molar-refractivity contribution in [3.8, 4) is 0 Å². The molecule has 108 valence electrons. The average molecular weight is 276 g/mol. The highest BCUT2D eigenvalue weighted by atomic mass is 16.3. The van der Waals surface area contributed by atoms with E-state index in [1.807, 2.05) is 11.0 Å². The second-order valence-electron chi connectivity index (χ2n) is 5.14. The number of ketones is 1. The monoisotopic (exact) mass is 276 g/mol. The van der Waals surface area contributed by atoms with Gasteiger partial charge in [0.2, 0.25) is 5.91 Å². The van der Waals surface area contributed by atoms with Crippen LogP contribution >= 0.6 is 0 Å². The zero-order valence-electron chi connectivity index (χ0n) is 11.4. The molecule has 1 aliphatic rings. The lowest BCUT2D eigenvalue weighted by Gasteiger charge is -2.14. The molecule has 1 aromatic rings. The molecule has 5 heteroatoms. The van der Waals surface area contributed by atoms with E-state index in [-0.39, 0.29) is 30.8 Å². The van der Waals surface area contributed by atoms with Crippen LogP contribution in [0.15, 0.2) is 30.3 Å². The lowest BCUT2D eigenvalue weighted by atomic mass is 10.1. The van der Waals surface area contributed by atoms with E-state index in [0.29, 0.717) is 12.1 Å². The zero-order valence-corrected chi connectivity index (χ0v) is 11.4. The highest BCUT2D eigenvalue weighted by molar-refractivity contribution is 5.99. The third kappa shape index (κ3) is 4.15. The van der Waals surface area contributed by atoms with E-state index in [9.17, 15) is 9.59 Å². The maximum Gasteiger partial charge on any atom is 0.234 e. The second kappa shape index (κ2) is 7.17. The van der Waals surface area contributed by atoms with Crippen LogP contribution in [-0.2, 0) is 4.79 Å². The Morgan fingerprint density at radius 3 is 2.70 bits per heavy atom. The number of aliphatic hydroxyl groups excluding tert-OH is 1. The van der Waals surface area contributed by atoms with Crippen molar-refractivity contribution in [3.05, 3.63) is 35.9 Å². The second-order valence-corrected chi connectivity index (χ2v) is 5.14. The Balaban J connectivity index is 1.72. The molecule has 1 heterocycles. The fraction of sp³-hybridized carbons (Fsp3) is 0.467. The van der Waals surface area contributed by atoms with Crippen LogP contribution in [0, 0.1) is 5.92 Å². The number of aliphatic hydroxyl groups is 1. The predicted octanol–water partition coefficient (Wildman–Crippen LogP) is 0.300. The molecule has 0 bridgehead atoms. The molecule has 0 aromatic heterocycles. The maximum atomic E-state index is 11.8. The van der Waals surface area contributed by atoms with Crippen molar-refractivity contribution in [1.82, 2.24) is 10.2 Å². The molecule has 0 saturated carbocycles. The molecule has 2 N–H and O–H groups in total. The summed E-state index contributed by atoms with van der Waals surface area (Å²) in [6, 6.07) is 8.92. The van der Waals surface area contributed by atoms with Crippen molar-refractivity contribution in [3.63, 3.8) is 0 Å². The van der Waals surface area contributed by atoms with Crippen molar-refractivity contribution >= 4 is 11.7 Å². The molecule has 1 fully saturated rings. The normalized spacial score (nSPS) is 18.9. The molecule has 0 radical (unpaired) electrons. The predicted molar refractivity (Wildman–Crippen MR) is 75.4 cm³/mol. The van der Waals surface area contributed by atoms with Crippen molar-refractivity contribution < 1.29 is 14.7 Å². The largest absolute Gasteiger partial charge is 0.396 e. The summed E-state index contributed by atoms with van der Waals surface area (Å²) in [7, 11) is 0. The number of nitrogens with one attached hydrogen (secondary N) is 1. The quantitative estimate of drug-likeness (QED) is 0.733. The Hall–Kier alpha value is -1.72. The van der Waals surface area contributed by atoms with Crippen LogP contribution < -0.4 is 5.32 Å². The van der Waals surface area contributed by atoms with Crippen LogP contribution in [0.25, 0.3) is 0 Å². The number of carbonyl (C=O) groups is 2. The Morgan fingerprint density at radius 2 is 2.05 bits per heavy atom. The Kier molecular flexibility index (Phi) is 5.26. The van der Waals surface area contributed by atoms with E-state index in [1.54, 1.807) is 24.3 Å². The highest BCUT2D eigenvalue weighted by Gasteiger charge is 2.23. The van der Waals surface area contributed by atoms with E-state index in [2.05, 4.69) is 5.32 Å². The summed E-state index contributed by atoms with van der Waals surface area (Å²) in [6.07, 6.45) is 0.923. The van der Waals surface area contributed by atoms with Gasteiger partial charge in [-0.25, -0.2) is 0 Å². The third-order valence-corrected chi connectivity index (χ3v) is 3.54. The lowest BCUT2D eigenvalue weighted by molar-refractivity contribution is -0.121. The maximum absolute atomic E-state index is 11.8. The van der Waals surface area contributed by atoms with Crippen LogP contribution in [0.2, 0.25) is 0 Å². The molecular formula is C15H20N2O3. The van der Waals surface area contributed by atoms with Crippen LogP contribution in [0.5, 0.6) is 0 Å². The summed E-state index contributed by atoms with van der Waals surface area (Å²) < 4.78 is 0. The van der Waals surface area contributed by atoms with E-state index < -0.39 is 0 Å². The van der Waals surface area contributed by atoms with Gasteiger partial charge < -0.3 is 10.4 Å². The van der Waals surface area contributed by atoms with Crippen LogP contribution in [0.3, 0.4) is 0 Å². The van der Waals surface area contributed by atoms with Gasteiger partial charge in [0.25, 0.3) is 0 Å². The summed E-state index contributed by atoms with van der Waals surface area (Å²) in [4.78, 5) is 25.6. The molecule has 1 atom stereocenters. The number of nitrogens with zero attached hydrogens (tertiary/aromatic N) is 1. The minimum Gasteiger partial charge on any atom is -0.396 e. The number of hydrogen-bond acceptors (Lipinski definition) is 4. The van der Waals surface area contributed by atoms with Crippen LogP contribution in [0.4, 0.5) is 0 Å². The lowest BCUT2D eigenvalue weighted by Crippen LogP contribution is -2.38. The molecule has 1 saturated heterocycles. The van der Waals surface area contributed by atoms with E-state index in [1.165, 1.54) is 0 Å². The van der Waals surface area contributed by atoms with Crippen molar-refractivity contribution in [1.29, 1.82) is 0 Å². The van der Waals surface area contributed by atoms with Crippen molar-refractivity contribution in [2.45, 2.75) is 6.42 Å². The fourth-order valence-electron chi connectivity index (χ4n) is 2.37. The van der Waals surface area contributed by atoms with Crippen LogP contribution in [0.1, 0.15) is 16.8 Å². The first-order chi connectivity index (χ1) is 9.69. The first-order valence-corrected chi connectivity index (χ1v) is 6.87. The van der Waals surface area contributed by atoms with Gasteiger partial charge in [0.15, 0.2) is 5.78 Å². The molecule has 0 aliphatic carbocycles. The van der Waals surface area contributed by atoms with E-state index >= 15 is 0 Å². The number of carbonyl (C=O) groups excluding carboxylic acids is 2. The average Bonchev–Trinajstić information content (AvgIpc) is 2.93. The minimum absolute atomic E-state index is 0.0279. The smallest absolute Gasteiger partial charge is 0.234 e. The van der Waals surface area contributed by atoms with Gasteiger partial charge in [-0.15, -0.1) is 0 Å². The molecule has 1 amide bonds. The summed E-state index contributed by atoms with van der Waals surface area (Å²) in [6.45, 7) is 2.06. The molecule has 20 heavy (non-hydrogen) atoms. The van der Waals surface area contributed by atoms with Gasteiger partial charge in [-0.3, -0.25) is 14.5 Å². The minimum atomic E-state index is -0.145. The fourth-order valence-corrected chi connectivity index (χ4v) is 2.37. The summed E-state index contributed by atoms with van der Waals surface area (Å²) in [5.74, 6) is 0.0372. The van der Waals surface area contributed by atoms with Crippen molar-refractivity contribution in [2.24, 2.45) is 5.92 Å². The van der Waals surface area contributed by atoms with E-state index in [0.717, 1.165) is 19.5 Å². The molecule has 2 rings (SSSR count). The standard InChI is InChI=1S/C15H20N2O3/c18-11-12-6-7-17(9-12)10-15(20)16-8-14(19)13-4-2-1-3-5-13/h1-5,12,18H,6-11H2,(H,16,20). The van der Waals surface area contributed by atoms with E-state index in [4.69, 9.17) is 5.11 Å². The van der Waals surface area contributed by atoms with Gasteiger partial charge in [0, 0.05) is 18.7 Å². The molecule has 5 nitrogen and oxygen atoms in total. The highest BCUT2D eigenvalue weighted by Crippen LogP contribution is 2.14. The molecule has 1 aliphatic heterocycles.